The lowest BCUT2D eigenvalue weighted by Crippen LogP contribution is -2.45. The Morgan fingerprint density at radius 1 is 1.29 bits per heavy atom. The fourth-order valence-electron chi connectivity index (χ4n) is 3.14. The number of benzene rings is 1. The van der Waals surface area contributed by atoms with Crippen LogP contribution in [0.3, 0.4) is 0 Å². The van der Waals surface area contributed by atoms with Gasteiger partial charge in [-0.25, -0.2) is 0 Å². The summed E-state index contributed by atoms with van der Waals surface area (Å²) in [4.78, 5) is 6.75. The van der Waals surface area contributed by atoms with Gasteiger partial charge < -0.3 is 14.8 Å². The predicted octanol–water partition coefficient (Wildman–Crippen LogP) is 3.14. The number of hydrogen-bond donors (Lipinski definition) is 1. The van der Waals surface area contributed by atoms with Gasteiger partial charge in [0.1, 0.15) is 0 Å². The van der Waals surface area contributed by atoms with E-state index < -0.39 is 0 Å². The summed E-state index contributed by atoms with van der Waals surface area (Å²) in [6, 6.07) is 8.55. The Hall–Kier alpha value is -1.34. The standard InChI is InChI=1S/C17H18BrN3O2.ClH/c18-14-7-17-16(22-11-23-17)6-13(14)10-21-5-4-20-9-15(21)12-2-1-3-19-8-12;/h1-3,6-8,15,20H,4-5,9-11H2;1H. The number of hydrogen-bond acceptors (Lipinski definition) is 5. The summed E-state index contributed by atoms with van der Waals surface area (Å²) in [6.45, 7) is 4.10. The molecule has 128 valence electrons. The van der Waals surface area contributed by atoms with Crippen LogP contribution in [-0.2, 0) is 6.54 Å². The lowest BCUT2D eigenvalue weighted by molar-refractivity contribution is 0.153. The van der Waals surface area contributed by atoms with Gasteiger partial charge in [-0.1, -0.05) is 22.0 Å². The molecule has 1 aromatic carbocycles. The maximum atomic E-state index is 5.51. The van der Waals surface area contributed by atoms with E-state index in [1.807, 2.05) is 24.5 Å². The average molecular weight is 413 g/mol. The van der Waals surface area contributed by atoms with E-state index in [1.165, 1.54) is 11.1 Å². The van der Waals surface area contributed by atoms with Crippen molar-refractivity contribution in [2.75, 3.05) is 26.4 Å². The topological polar surface area (TPSA) is 46.6 Å². The van der Waals surface area contributed by atoms with Gasteiger partial charge in [0.2, 0.25) is 6.79 Å². The first-order valence-electron chi connectivity index (χ1n) is 7.74. The van der Waals surface area contributed by atoms with Crippen molar-refractivity contribution in [1.29, 1.82) is 0 Å². The Balaban J connectivity index is 0.00000169. The minimum Gasteiger partial charge on any atom is -0.454 e. The van der Waals surface area contributed by atoms with Crippen molar-refractivity contribution >= 4 is 28.3 Å². The first-order chi connectivity index (χ1) is 11.3. The number of piperazine rings is 1. The maximum Gasteiger partial charge on any atom is 0.231 e. The molecular weight excluding hydrogens is 394 g/mol. The van der Waals surface area contributed by atoms with Crippen molar-refractivity contribution in [3.63, 3.8) is 0 Å². The van der Waals surface area contributed by atoms with Crippen LogP contribution >= 0.6 is 28.3 Å². The molecule has 0 radical (unpaired) electrons. The highest BCUT2D eigenvalue weighted by molar-refractivity contribution is 9.10. The van der Waals surface area contributed by atoms with Gasteiger partial charge in [-0.3, -0.25) is 9.88 Å². The number of ether oxygens (including phenoxy) is 2. The summed E-state index contributed by atoms with van der Waals surface area (Å²) in [6.07, 6.45) is 3.78. The van der Waals surface area contributed by atoms with E-state index in [2.05, 4.69) is 43.3 Å². The fourth-order valence-corrected chi connectivity index (χ4v) is 3.58. The summed E-state index contributed by atoms with van der Waals surface area (Å²) in [7, 11) is 0. The first-order valence-corrected chi connectivity index (χ1v) is 8.53. The third-order valence-corrected chi connectivity index (χ3v) is 5.08. The molecule has 2 aromatic rings. The summed E-state index contributed by atoms with van der Waals surface area (Å²) in [5, 5.41) is 3.48. The predicted molar refractivity (Wildman–Crippen MR) is 97.8 cm³/mol. The molecule has 0 bridgehead atoms. The van der Waals surface area contributed by atoms with E-state index in [0.29, 0.717) is 12.8 Å². The fraction of sp³-hybridized carbons (Fsp3) is 0.353. The molecule has 1 aromatic heterocycles. The second-order valence-corrected chi connectivity index (χ2v) is 6.63. The Morgan fingerprint density at radius 2 is 2.12 bits per heavy atom. The average Bonchev–Trinajstić information content (AvgIpc) is 3.03. The number of halogens is 2. The van der Waals surface area contributed by atoms with Gasteiger partial charge in [-0.2, -0.15) is 0 Å². The molecule has 4 rings (SSSR count). The molecule has 0 spiro atoms. The number of fused-ring (bicyclic) bond motifs is 1. The second kappa shape index (κ2) is 7.70. The molecule has 24 heavy (non-hydrogen) atoms. The second-order valence-electron chi connectivity index (χ2n) is 5.77. The van der Waals surface area contributed by atoms with Crippen molar-refractivity contribution in [3.05, 3.63) is 52.3 Å². The maximum absolute atomic E-state index is 5.51. The number of pyridine rings is 1. The van der Waals surface area contributed by atoms with E-state index in [0.717, 1.165) is 42.2 Å². The van der Waals surface area contributed by atoms with Gasteiger partial charge in [-0.05, 0) is 29.3 Å². The summed E-state index contributed by atoms with van der Waals surface area (Å²) in [5.41, 5.74) is 2.46. The molecule has 0 amide bonds. The van der Waals surface area contributed by atoms with Crippen molar-refractivity contribution in [1.82, 2.24) is 15.2 Å². The molecule has 0 aliphatic carbocycles. The molecule has 1 unspecified atom stereocenters. The molecule has 5 nitrogen and oxygen atoms in total. The summed E-state index contributed by atoms with van der Waals surface area (Å²) >= 11 is 3.66. The lowest BCUT2D eigenvalue weighted by atomic mass is 10.0. The van der Waals surface area contributed by atoms with Crippen molar-refractivity contribution < 1.29 is 9.47 Å². The van der Waals surface area contributed by atoms with Gasteiger partial charge in [-0.15, -0.1) is 12.4 Å². The first kappa shape index (κ1) is 17.5. The zero-order valence-corrected chi connectivity index (χ0v) is 15.5. The minimum absolute atomic E-state index is 0. The number of rotatable bonds is 3. The third-order valence-electron chi connectivity index (χ3n) is 4.34. The Labute approximate surface area is 155 Å². The highest BCUT2D eigenvalue weighted by Crippen LogP contribution is 2.38. The van der Waals surface area contributed by atoms with Gasteiger partial charge in [0.15, 0.2) is 11.5 Å². The molecule has 1 fully saturated rings. The molecule has 0 saturated carbocycles. The molecule has 7 heteroatoms. The Morgan fingerprint density at radius 3 is 2.92 bits per heavy atom. The van der Waals surface area contributed by atoms with E-state index in [4.69, 9.17) is 9.47 Å². The summed E-state index contributed by atoms with van der Waals surface area (Å²) < 4.78 is 12.0. The van der Waals surface area contributed by atoms with Crippen molar-refractivity contribution in [2.24, 2.45) is 0 Å². The quantitative estimate of drug-likeness (QED) is 0.839. The van der Waals surface area contributed by atoms with Crippen LogP contribution in [0.25, 0.3) is 0 Å². The smallest absolute Gasteiger partial charge is 0.231 e. The van der Waals surface area contributed by atoms with Gasteiger partial charge in [0, 0.05) is 49.1 Å². The summed E-state index contributed by atoms with van der Waals surface area (Å²) in [5.74, 6) is 1.64. The van der Waals surface area contributed by atoms with Crippen LogP contribution in [0.4, 0.5) is 0 Å². The Kier molecular flexibility index (Phi) is 5.61. The normalized spacial score (nSPS) is 19.8. The van der Waals surface area contributed by atoms with E-state index in [9.17, 15) is 0 Å². The lowest BCUT2D eigenvalue weighted by Gasteiger charge is -2.36. The van der Waals surface area contributed by atoms with Crippen LogP contribution in [0.1, 0.15) is 17.2 Å². The van der Waals surface area contributed by atoms with Crippen molar-refractivity contribution in [2.45, 2.75) is 12.6 Å². The zero-order valence-electron chi connectivity index (χ0n) is 13.1. The molecule has 2 aliphatic heterocycles. The van der Waals surface area contributed by atoms with E-state index in [-0.39, 0.29) is 12.4 Å². The van der Waals surface area contributed by atoms with Crippen LogP contribution in [0.2, 0.25) is 0 Å². The van der Waals surface area contributed by atoms with Crippen molar-refractivity contribution in [3.8, 4) is 11.5 Å². The molecule has 1 atom stereocenters. The van der Waals surface area contributed by atoms with Crippen LogP contribution < -0.4 is 14.8 Å². The number of nitrogens with one attached hydrogen (secondary N) is 1. The molecule has 1 saturated heterocycles. The molecule has 3 heterocycles. The third kappa shape index (κ3) is 3.52. The SMILES string of the molecule is Brc1cc2c(cc1CN1CCNCC1c1cccnc1)OCO2.Cl. The van der Waals surface area contributed by atoms with E-state index in [1.54, 1.807) is 0 Å². The molecule has 2 aliphatic rings. The highest BCUT2D eigenvalue weighted by atomic mass is 79.9. The van der Waals surface area contributed by atoms with Crippen LogP contribution in [0, 0.1) is 0 Å². The monoisotopic (exact) mass is 411 g/mol. The molecular formula is C17H19BrClN3O2. The zero-order chi connectivity index (χ0) is 15.6. The van der Waals surface area contributed by atoms with Gasteiger partial charge in [0.05, 0.1) is 0 Å². The van der Waals surface area contributed by atoms with Crippen LogP contribution in [-0.4, -0.2) is 36.3 Å². The van der Waals surface area contributed by atoms with Crippen LogP contribution in [0.15, 0.2) is 41.1 Å². The van der Waals surface area contributed by atoms with Gasteiger partial charge >= 0.3 is 0 Å². The Bertz CT molecular complexity index is 702. The highest BCUT2D eigenvalue weighted by Gasteiger charge is 2.25. The number of nitrogens with zero attached hydrogens (tertiary/aromatic N) is 2. The number of aromatic nitrogens is 1. The van der Waals surface area contributed by atoms with E-state index >= 15 is 0 Å². The minimum atomic E-state index is 0. The van der Waals surface area contributed by atoms with Gasteiger partial charge in [0.25, 0.3) is 0 Å². The molecule has 1 N–H and O–H groups in total. The van der Waals surface area contributed by atoms with Crippen LogP contribution in [0.5, 0.6) is 11.5 Å². The largest absolute Gasteiger partial charge is 0.454 e.